The molecule has 0 radical (unpaired) electrons. The number of hydrogen-bond acceptors (Lipinski definition) is 5. The van der Waals surface area contributed by atoms with Crippen molar-refractivity contribution >= 4 is 38.3 Å². The van der Waals surface area contributed by atoms with E-state index in [4.69, 9.17) is 0 Å². The number of aromatic nitrogens is 1. The first-order chi connectivity index (χ1) is 13.7. The summed E-state index contributed by atoms with van der Waals surface area (Å²) in [5.74, 6) is 0.719. The van der Waals surface area contributed by atoms with Crippen LogP contribution >= 0.6 is 0 Å². The molecule has 0 spiro atoms. The Morgan fingerprint density at radius 1 is 0.966 bits per heavy atom. The van der Waals surface area contributed by atoms with Gasteiger partial charge in [0.1, 0.15) is 5.82 Å². The van der Waals surface area contributed by atoms with Crippen molar-refractivity contribution in [2.45, 2.75) is 0 Å². The fraction of sp³-hybridized carbons (Fsp3) is 0.238. The van der Waals surface area contributed by atoms with Crippen LogP contribution < -0.4 is 9.62 Å². The number of fused-ring (bicyclic) bond motifs is 1. The maximum absolute atomic E-state index is 12.6. The SMILES string of the molecule is CN(CCN(C)c1ccc2ccccc2n1)C(=O)c1ccc(NS(C)(=O)=O)cc1. The first-order valence-corrected chi connectivity index (χ1v) is 11.0. The molecule has 1 N–H and O–H groups in total. The van der Waals surface area contributed by atoms with Gasteiger partial charge in [-0.25, -0.2) is 13.4 Å². The summed E-state index contributed by atoms with van der Waals surface area (Å²) in [5.41, 5.74) is 1.86. The second kappa shape index (κ2) is 8.48. The molecule has 2 aromatic carbocycles. The van der Waals surface area contributed by atoms with Crippen LogP contribution in [0.3, 0.4) is 0 Å². The predicted molar refractivity (Wildman–Crippen MR) is 117 cm³/mol. The highest BCUT2D eigenvalue weighted by molar-refractivity contribution is 7.92. The van der Waals surface area contributed by atoms with Crippen LogP contribution in [0.15, 0.2) is 60.7 Å². The fourth-order valence-corrected chi connectivity index (χ4v) is 3.46. The van der Waals surface area contributed by atoms with Crippen molar-refractivity contribution in [2.24, 2.45) is 0 Å². The maximum atomic E-state index is 12.6. The van der Waals surface area contributed by atoms with Crippen molar-refractivity contribution in [3.63, 3.8) is 0 Å². The number of likely N-dealkylation sites (N-methyl/N-ethyl adjacent to an activating group) is 2. The van der Waals surface area contributed by atoms with Crippen molar-refractivity contribution < 1.29 is 13.2 Å². The summed E-state index contributed by atoms with van der Waals surface area (Å²) in [6, 6.07) is 18.3. The van der Waals surface area contributed by atoms with E-state index in [9.17, 15) is 13.2 Å². The molecule has 0 aliphatic heterocycles. The van der Waals surface area contributed by atoms with Crippen LogP contribution in [0.25, 0.3) is 10.9 Å². The number of benzene rings is 2. The fourth-order valence-electron chi connectivity index (χ4n) is 2.90. The Hall–Kier alpha value is -3.13. The Bertz CT molecular complexity index is 1110. The Morgan fingerprint density at radius 2 is 1.66 bits per heavy atom. The van der Waals surface area contributed by atoms with Gasteiger partial charge in [-0.2, -0.15) is 0 Å². The van der Waals surface area contributed by atoms with E-state index in [1.54, 1.807) is 36.2 Å². The van der Waals surface area contributed by atoms with Crippen LogP contribution in [-0.2, 0) is 10.0 Å². The summed E-state index contributed by atoms with van der Waals surface area (Å²) in [6.45, 7) is 1.15. The summed E-state index contributed by atoms with van der Waals surface area (Å²) in [7, 11) is 0.346. The molecule has 0 saturated heterocycles. The number of nitrogens with one attached hydrogen (secondary N) is 1. The van der Waals surface area contributed by atoms with Gasteiger partial charge in [-0.15, -0.1) is 0 Å². The Labute approximate surface area is 171 Å². The van der Waals surface area contributed by atoms with Crippen molar-refractivity contribution in [3.8, 4) is 0 Å². The highest BCUT2D eigenvalue weighted by Crippen LogP contribution is 2.17. The molecule has 152 valence electrons. The average molecular weight is 413 g/mol. The highest BCUT2D eigenvalue weighted by Gasteiger charge is 2.13. The third-order valence-electron chi connectivity index (χ3n) is 4.53. The third kappa shape index (κ3) is 5.45. The number of anilines is 2. The minimum Gasteiger partial charge on any atom is -0.358 e. The topological polar surface area (TPSA) is 82.6 Å². The number of carbonyl (C=O) groups excluding carboxylic acids is 1. The summed E-state index contributed by atoms with van der Waals surface area (Å²) in [5, 5.41) is 1.09. The number of sulfonamides is 1. The molecule has 0 atom stereocenters. The zero-order valence-electron chi connectivity index (χ0n) is 16.7. The van der Waals surface area contributed by atoms with Crippen molar-refractivity contribution in [3.05, 3.63) is 66.2 Å². The van der Waals surface area contributed by atoms with Crippen LogP contribution in [0, 0.1) is 0 Å². The van der Waals surface area contributed by atoms with E-state index < -0.39 is 10.0 Å². The Morgan fingerprint density at radius 3 is 2.34 bits per heavy atom. The van der Waals surface area contributed by atoms with E-state index in [1.807, 2.05) is 48.3 Å². The molecule has 3 rings (SSSR count). The van der Waals surface area contributed by atoms with E-state index in [0.29, 0.717) is 24.3 Å². The molecule has 0 aliphatic carbocycles. The molecule has 29 heavy (non-hydrogen) atoms. The average Bonchev–Trinajstić information content (AvgIpc) is 2.70. The summed E-state index contributed by atoms with van der Waals surface area (Å²) >= 11 is 0. The lowest BCUT2D eigenvalue weighted by Gasteiger charge is -2.23. The standard InChI is InChI=1S/C21H24N4O3S/c1-24(20-13-10-16-6-4-5-7-19(16)22-20)14-15-25(2)21(26)17-8-11-18(12-9-17)23-29(3,27)28/h4-13,23H,14-15H2,1-3H3. The van der Waals surface area contributed by atoms with Crippen LogP contribution in [0.2, 0.25) is 0 Å². The van der Waals surface area contributed by atoms with Crippen LogP contribution in [0.4, 0.5) is 11.5 Å². The number of amides is 1. The normalized spacial score (nSPS) is 11.3. The summed E-state index contributed by atoms with van der Waals surface area (Å²) in [6.07, 6.45) is 1.08. The number of pyridine rings is 1. The lowest BCUT2D eigenvalue weighted by molar-refractivity contribution is 0.0799. The highest BCUT2D eigenvalue weighted by atomic mass is 32.2. The monoisotopic (exact) mass is 412 g/mol. The largest absolute Gasteiger partial charge is 0.358 e. The lowest BCUT2D eigenvalue weighted by atomic mass is 10.2. The first kappa shape index (κ1) is 20.6. The molecule has 1 amide bonds. The number of hydrogen-bond donors (Lipinski definition) is 1. The van der Waals surface area contributed by atoms with E-state index in [1.165, 1.54) is 0 Å². The molecular weight excluding hydrogens is 388 g/mol. The van der Waals surface area contributed by atoms with Crippen molar-refractivity contribution in [1.29, 1.82) is 0 Å². The van der Waals surface area contributed by atoms with Gasteiger partial charge >= 0.3 is 0 Å². The second-order valence-electron chi connectivity index (χ2n) is 6.96. The zero-order valence-corrected chi connectivity index (χ0v) is 17.5. The third-order valence-corrected chi connectivity index (χ3v) is 5.13. The molecule has 0 saturated carbocycles. The van der Waals surface area contributed by atoms with Gasteiger partial charge in [0, 0.05) is 43.8 Å². The van der Waals surface area contributed by atoms with Crippen molar-refractivity contribution in [2.75, 3.05) is 43.1 Å². The lowest BCUT2D eigenvalue weighted by Crippen LogP contribution is -2.35. The molecule has 0 aliphatic rings. The van der Waals surface area contributed by atoms with E-state index >= 15 is 0 Å². The number of carbonyl (C=O) groups is 1. The van der Waals surface area contributed by atoms with Crippen molar-refractivity contribution in [1.82, 2.24) is 9.88 Å². The maximum Gasteiger partial charge on any atom is 0.253 e. The van der Waals surface area contributed by atoms with E-state index in [0.717, 1.165) is 23.0 Å². The first-order valence-electron chi connectivity index (χ1n) is 9.13. The van der Waals surface area contributed by atoms with Crippen LogP contribution in [0.5, 0.6) is 0 Å². The molecule has 0 bridgehead atoms. The predicted octanol–water partition coefficient (Wildman–Crippen LogP) is 2.81. The number of para-hydroxylation sites is 1. The van der Waals surface area contributed by atoms with Gasteiger partial charge in [0.25, 0.3) is 5.91 Å². The van der Waals surface area contributed by atoms with Gasteiger partial charge in [-0.3, -0.25) is 9.52 Å². The molecule has 1 aromatic heterocycles. The van der Waals surface area contributed by atoms with Gasteiger partial charge < -0.3 is 9.80 Å². The van der Waals surface area contributed by atoms with E-state index in [-0.39, 0.29) is 5.91 Å². The van der Waals surface area contributed by atoms with Gasteiger partial charge in [-0.05, 0) is 42.5 Å². The van der Waals surface area contributed by atoms with E-state index in [2.05, 4.69) is 9.71 Å². The molecule has 0 unspecified atom stereocenters. The quantitative estimate of drug-likeness (QED) is 0.645. The smallest absolute Gasteiger partial charge is 0.253 e. The molecular formula is C21H24N4O3S. The molecule has 0 fully saturated rings. The summed E-state index contributed by atoms with van der Waals surface area (Å²) < 4.78 is 24.9. The Balaban J connectivity index is 1.60. The molecule has 8 heteroatoms. The molecule has 7 nitrogen and oxygen atoms in total. The zero-order chi connectivity index (χ0) is 21.0. The van der Waals surface area contributed by atoms with Crippen LogP contribution in [-0.4, -0.2) is 57.6 Å². The summed E-state index contributed by atoms with van der Waals surface area (Å²) in [4.78, 5) is 20.9. The number of nitrogens with zero attached hydrogens (tertiary/aromatic N) is 3. The van der Waals surface area contributed by atoms with Gasteiger partial charge in [0.15, 0.2) is 0 Å². The Kier molecular flexibility index (Phi) is 6.03. The number of rotatable bonds is 7. The van der Waals surface area contributed by atoms with Gasteiger partial charge in [-0.1, -0.05) is 18.2 Å². The molecule has 3 aromatic rings. The van der Waals surface area contributed by atoms with Gasteiger partial charge in [0.2, 0.25) is 10.0 Å². The molecule has 1 heterocycles. The van der Waals surface area contributed by atoms with Crippen LogP contribution in [0.1, 0.15) is 10.4 Å². The minimum atomic E-state index is -3.34. The van der Waals surface area contributed by atoms with Gasteiger partial charge in [0.05, 0.1) is 11.8 Å². The second-order valence-corrected chi connectivity index (χ2v) is 8.71. The minimum absolute atomic E-state index is 0.129.